The first-order valence-electron chi connectivity index (χ1n) is 5.99. The van der Waals surface area contributed by atoms with Crippen LogP contribution in [0.1, 0.15) is 5.56 Å². The van der Waals surface area contributed by atoms with Crippen LogP contribution in [0.3, 0.4) is 0 Å². The number of rotatable bonds is 4. The fourth-order valence-electron chi connectivity index (χ4n) is 1.63. The Morgan fingerprint density at radius 1 is 1.20 bits per heavy atom. The molecule has 2 rings (SSSR count). The number of anilines is 1. The first-order valence-corrected chi connectivity index (χ1v) is 7.74. The van der Waals surface area contributed by atoms with Gasteiger partial charge in [0.1, 0.15) is 0 Å². The summed E-state index contributed by atoms with van der Waals surface area (Å²) >= 11 is 13.3. The second-order valence-corrected chi connectivity index (χ2v) is 6.09. The molecule has 104 valence electrons. The van der Waals surface area contributed by atoms with Crippen LogP contribution in [-0.2, 0) is 4.79 Å². The van der Waals surface area contributed by atoms with Gasteiger partial charge in [-0.15, -0.1) is 11.8 Å². The second-order valence-electron chi connectivity index (χ2n) is 4.23. The first-order chi connectivity index (χ1) is 9.56. The number of para-hydroxylation sites is 1. The van der Waals surface area contributed by atoms with Crippen molar-refractivity contribution in [3.8, 4) is 0 Å². The van der Waals surface area contributed by atoms with E-state index in [4.69, 9.17) is 23.2 Å². The number of hydrogen-bond donors (Lipinski definition) is 1. The highest BCUT2D eigenvalue weighted by atomic mass is 35.5. The molecule has 0 heterocycles. The lowest BCUT2D eigenvalue weighted by molar-refractivity contribution is -0.113. The fraction of sp³-hybridized carbons (Fsp3) is 0.133. The van der Waals surface area contributed by atoms with Gasteiger partial charge in [-0.05, 0) is 36.8 Å². The summed E-state index contributed by atoms with van der Waals surface area (Å²) in [6, 6.07) is 12.9. The first kappa shape index (κ1) is 15.2. The summed E-state index contributed by atoms with van der Waals surface area (Å²) in [6.07, 6.45) is 0. The molecule has 2 aromatic carbocycles. The van der Waals surface area contributed by atoms with Crippen molar-refractivity contribution in [2.45, 2.75) is 11.8 Å². The van der Waals surface area contributed by atoms with Crippen LogP contribution in [0.5, 0.6) is 0 Å². The predicted molar refractivity (Wildman–Crippen MR) is 87.0 cm³/mol. The molecule has 0 aromatic heterocycles. The molecule has 0 aliphatic heterocycles. The topological polar surface area (TPSA) is 29.1 Å². The number of hydrogen-bond acceptors (Lipinski definition) is 2. The molecular formula is C15H13Cl2NOS. The normalized spacial score (nSPS) is 10.3. The number of carbonyl (C=O) groups excluding carboxylic acids is 1. The van der Waals surface area contributed by atoms with Gasteiger partial charge in [0.2, 0.25) is 5.91 Å². The van der Waals surface area contributed by atoms with E-state index in [1.807, 2.05) is 31.2 Å². The van der Waals surface area contributed by atoms with Crippen molar-refractivity contribution in [3.05, 3.63) is 58.1 Å². The molecule has 1 amide bonds. The Morgan fingerprint density at radius 3 is 2.70 bits per heavy atom. The van der Waals surface area contributed by atoms with E-state index in [9.17, 15) is 4.79 Å². The lowest BCUT2D eigenvalue weighted by Crippen LogP contribution is -2.14. The average molecular weight is 326 g/mol. The number of amides is 1. The number of nitrogens with one attached hydrogen (secondary N) is 1. The zero-order chi connectivity index (χ0) is 14.5. The smallest absolute Gasteiger partial charge is 0.234 e. The Bertz CT molecular complexity index is 631. The van der Waals surface area contributed by atoms with Gasteiger partial charge >= 0.3 is 0 Å². The third kappa shape index (κ3) is 4.17. The van der Waals surface area contributed by atoms with Gasteiger partial charge in [0, 0.05) is 15.6 Å². The number of halogens is 2. The van der Waals surface area contributed by atoms with Gasteiger partial charge in [0.25, 0.3) is 0 Å². The lowest BCUT2D eigenvalue weighted by Gasteiger charge is -2.08. The number of aryl methyl sites for hydroxylation is 1. The Hall–Kier alpha value is -1.16. The van der Waals surface area contributed by atoms with Crippen molar-refractivity contribution in [1.29, 1.82) is 0 Å². The van der Waals surface area contributed by atoms with Crippen molar-refractivity contribution in [1.82, 2.24) is 0 Å². The average Bonchev–Trinajstić information content (AvgIpc) is 2.42. The van der Waals surface area contributed by atoms with Crippen LogP contribution in [0.15, 0.2) is 47.4 Å². The number of thioether (sulfide) groups is 1. The summed E-state index contributed by atoms with van der Waals surface area (Å²) in [5.74, 6) is 0.217. The maximum Gasteiger partial charge on any atom is 0.234 e. The molecule has 0 spiro atoms. The molecule has 0 unspecified atom stereocenters. The maximum atomic E-state index is 11.9. The van der Waals surface area contributed by atoms with Crippen LogP contribution >= 0.6 is 35.0 Å². The van der Waals surface area contributed by atoms with Crippen LogP contribution in [-0.4, -0.2) is 11.7 Å². The molecule has 2 nitrogen and oxygen atoms in total. The standard InChI is InChI=1S/C15H13Cl2NOS/c1-10-4-2-3-5-13(10)18-15(19)9-20-14-8-11(16)6-7-12(14)17/h2-8H,9H2,1H3,(H,18,19). The minimum Gasteiger partial charge on any atom is -0.325 e. The molecule has 5 heteroatoms. The van der Waals surface area contributed by atoms with Crippen LogP contribution < -0.4 is 5.32 Å². The van der Waals surface area contributed by atoms with E-state index in [1.165, 1.54) is 11.8 Å². The van der Waals surface area contributed by atoms with E-state index in [2.05, 4.69) is 5.32 Å². The molecule has 0 aliphatic carbocycles. The van der Waals surface area contributed by atoms with Crippen molar-refractivity contribution in [2.75, 3.05) is 11.1 Å². The number of carbonyl (C=O) groups is 1. The molecule has 0 atom stereocenters. The van der Waals surface area contributed by atoms with Gasteiger partial charge in [-0.2, -0.15) is 0 Å². The monoisotopic (exact) mass is 325 g/mol. The van der Waals surface area contributed by atoms with Gasteiger partial charge in [-0.3, -0.25) is 4.79 Å². The Kier molecular flexibility index (Phi) is 5.35. The van der Waals surface area contributed by atoms with Crippen LogP contribution in [0.2, 0.25) is 10.0 Å². The van der Waals surface area contributed by atoms with E-state index in [0.29, 0.717) is 10.0 Å². The zero-order valence-corrected chi connectivity index (χ0v) is 13.1. The summed E-state index contributed by atoms with van der Waals surface area (Å²) in [6.45, 7) is 1.95. The number of benzene rings is 2. The largest absolute Gasteiger partial charge is 0.325 e. The maximum absolute atomic E-state index is 11.9. The highest BCUT2D eigenvalue weighted by Crippen LogP contribution is 2.29. The molecule has 0 aliphatic rings. The van der Waals surface area contributed by atoms with E-state index < -0.39 is 0 Å². The predicted octanol–water partition coefficient (Wildman–Crippen LogP) is 5.03. The molecule has 0 saturated heterocycles. The van der Waals surface area contributed by atoms with Crippen molar-refractivity contribution >= 4 is 46.6 Å². The molecular weight excluding hydrogens is 313 g/mol. The third-order valence-electron chi connectivity index (χ3n) is 2.67. The summed E-state index contributed by atoms with van der Waals surface area (Å²) < 4.78 is 0. The van der Waals surface area contributed by atoms with E-state index >= 15 is 0 Å². The molecule has 20 heavy (non-hydrogen) atoms. The minimum atomic E-state index is -0.0691. The molecule has 0 radical (unpaired) electrons. The van der Waals surface area contributed by atoms with Crippen LogP contribution in [0.4, 0.5) is 5.69 Å². The minimum absolute atomic E-state index is 0.0691. The second kappa shape index (κ2) is 7.02. The van der Waals surface area contributed by atoms with Gasteiger partial charge in [0.05, 0.1) is 10.8 Å². The molecule has 0 bridgehead atoms. The van der Waals surface area contributed by atoms with Crippen molar-refractivity contribution < 1.29 is 4.79 Å². The Morgan fingerprint density at radius 2 is 1.95 bits per heavy atom. The van der Waals surface area contributed by atoms with Crippen molar-refractivity contribution in [2.24, 2.45) is 0 Å². The zero-order valence-electron chi connectivity index (χ0n) is 10.8. The molecule has 0 fully saturated rings. The quantitative estimate of drug-likeness (QED) is 0.798. The molecule has 0 saturated carbocycles. The highest BCUT2D eigenvalue weighted by Gasteiger charge is 2.08. The van der Waals surface area contributed by atoms with Crippen LogP contribution in [0.25, 0.3) is 0 Å². The third-order valence-corrected chi connectivity index (χ3v) is 4.40. The summed E-state index contributed by atoms with van der Waals surface area (Å²) in [4.78, 5) is 12.7. The van der Waals surface area contributed by atoms with Crippen molar-refractivity contribution in [3.63, 3.8) is 0 Å². The van der Waals surface area contributed by atoms with E-state index in [-0.39, 0.29) is 11.7 Å². The summed E-state index contributed by atoms with van der Waals surface area (Å²) in [5.41, 5.74) is 1.86. The summed E-state index contributed by atoms with van der Waals surface area (Å²) in [7, 11) is 0. The van der Waals surface area contributed by atoms with Gasteiger partial charge in [-0.1, -0.05) is 41.4 Å². The lowest BCUT2D eigenvalue weighted by atomic mass is 10.2. The fourth-order valence-corrected chi connectivity index (χ4v) is 2.92. The highest BCUT2D eigenvalue weighted by molar-refractivity contribution is 8.00. The SMILES string of the molecule is Cc1ccccc1NC(=O)CSc1cc(Cl)ccc1Cl. The molecule has 2 aromatic rings. The molecule has 1 N–H and O–H groups in total. The van der Waals surface area contributed by atoms with Crippen LogP contribution in [0, 0.1) is 6.92 Å². The van der Waals surface area contributed by atoms with Gasteiger partial charge in [0.15, 0.2) is 0 Å². The summed E-state index contributed by atoms with van der Waals surface area (Å²) in [5, 5.41) is 4.09. The van der Waals surface area contributed by atoms with E-state index in [1.54, 1.807) is 18.2 Å². The van der Waals surface area contributed by atoms with E-state index in [0.717, 1.165) is 16.1 Å². The Balaban J connectivity index is 1.96. The Labute approximate surface area is 132 Å². The van der Waals surface area contributed by atoms with Gasteiger partial charge < -0.3 is 5.32 Å². The van der Waals surface area contributed by atoms with Gasteiger partial charge in [-0.25, -0.2) is 0 Å².